The van der Waals surface area contributed by atoms with E-state index in [1.165, 1.54) is 11.8 Å². The third kappa shape index (κ3) is 5.04. The van der Waals surface area contributed by atoms with Crippen molar-refractivity contribution in [2.24, 2.45) is 5.92 Å². The maximum atomic E-state index is 12.1. The van der Waals surface area contributed by atoms with E-state index in [-0.39, 0.29) is 12.0 Å². The van der Waals surface area contributed by atoms with E-state index >= 15 is 0 Å². The summed E-state index contributed by atoms with van der Waals surface area (Å²) < 4.78 is 7.61. The van der Waals surface area contributed by atoms with Crippen molar-refractivity contribution in [3.63, 3.8) is 0 Å². The van der Waals surface area contributed by atoms with Crippen molar-refractivity contribution in [2.75, 3.05) is 18.9 Å². The molecule has 0 aromatic carbocycles. The highest BCUT2D eigenvalue weighted by Crippen LogP contribution is 2.24. The lowest BCUT2D eigenvalue weighted by atomic mass is 10.2. The van der Waals surface area contributed by atoms with Gasteiger partial charge in [-0.3, -0.25) is 9.78 Å². The first kappa shape index (κ1) is 18.8. The van der Waals surface area contributed by atoms with Crippen molar-refractivity contribution >= 4 is 17.7 Å². The fourth-order valence-electron chi connectivity index (χ4n) is 2.85. The average molecular weight is 375 g/mol. The standard InChI is InChI=1S/C18H25N5O2S/c1-13(2)11-23-17(14-5-7-19-8-6-14)21-22-18(23)26-12-16(24)20-10-15-4-3-9-25-15/h5-8,13,15H,3-4,9-12H2,1-2H3,(H,20,24)/t15-/m1/s1. The Balaban J connectivity index is 1.63. The summed E-state index contributed by atoms with van der Waals surface area (Å²) in [5.74, 6) is 1.57. The van der Waals surface area contributed by atoms with Crippen molar-refractivity contribution < 1.29 is 9.53 Å². The Morgan fingerprint density at radius 2 is 2.19 bits per heavy atom. The van der Waals surface area contributed by atoms with Gasteiger partial charge in [0.05, 0.1) is 11.9 Å². The molecule has 26 heavy (non-hydrogen) atoms. The Kier molecular flexibility index (Phi) is 6.62. The van der Waals surface area contributed by atoms with E-state index in [2.05, 4.69) is 38.9 Å². The SMILES string of the molecule is CC(C)Cn1c(SCC(=O)NC[C@H]2CCCO2)nnc1-c1ccncc1. The zero-order chi connectivity index (χ0) is 18.4. The molecule has 2 aromatic heterocycles. The van der Waals surface area contributed by atoms with Crippen molar-refractivity contribution in [2.45, 2.75) is 44.5 Å². The molecule has 0 radical (unpaired) electrons. The second-order valence-electron chi connectivity index (χ2n) is 6.77. The van der Waals surface area contributed by atoms with E-state index in [0.717, 1.165) is 42.5 Å². The zero-order valence-electron chi connectivity index (χ0n) is 15.2. The van der Waals surface area contributed by atoms with Crippen LogP contribution in [0.25, 0.3) is 11.4 Å². The van der Waals surface area contributed by atoms with Gasteiger partial charge in [0.2, 0.25) is 5.91 Å². The predicted octanol–water partition coefficient (Wildman–Crippen LogP) is 2.38. The molecular formula is C18H25N5O2S. The summed E-state index contributed by atoms with van der Waals surface area (Å²) in [4.78, 5) is 16.2. The third-order valence-electron chi connectivity index (χ3n) is 4.09. The smallest absolute Gasteiger partial charge is 0.230 e. The zero-order valence-corrected chi connectivity index (χ0v) is 16.0. The number of carbonyl (C=O) groups is 1. The first-order chi connectivity index (χ1) is 12.6. The van der Waals surface area contributed by atoms with E-state index in [1.807, 2.05) is 12.1 Å². The van der Waals surface area contributed by atoms with Crippen LogP contribution in [0.5, 0.6) is 0 Å². The number of hydrogen-bond acceptors (Lipinski definition) is 6. The summed E-state index contributed by atoms with van der Waals surface area (Å²) in [5.41, 5.74) is 0.975. The molecule has 1 aliphatic rings. The Labute approximate surface area is 157 Å². The van der Waals surface area contributed by atoms with Crippen LogP contribution >= 0.6 is 11.8 Å². The summed E-state index contributed by atoms with van der Waals surface area (Å²) in [6.45, 7) is 6.48. The van der Waals surface area contributed by atoms with Gasteiger partial charge in [-0.2, -0.15) is 0 Å². The lowest BCUT2D eigenvalue weighted by Crippen LogP contribution is -2.33. The van der Waals surface area contributed by atoms with E-state index in [4.69, 9.17) is 4.74 Å². The highest BCUT2D eigenvalue weighted by atomic mass is 32.2. The molecule has 0 aliphatic carbocycles. The minimum absolute atomic E-state index is 0.00458. The van der Waals surface area contributed by atoms with Crippen LogP contribution in [0, 0.1) is 5.92 Å². The monoisotopic (exact) mass is 375 g/mol. The summed E-state index contributed by atoms with van der Waals surface area (Å²) >= 11 is 1.42. The van der Waals surface area contributed by atoms with Crippen LogP contribution in [-0.4, -0.2) is 50.7 Å². The van der Waals surface area contributed by atoms with E-state index < -0.39 is 0 Å². The Morgan fingerprint density at radius 1 is 1.38 bits per heavy atom. The van der Waals surface area contributed by atoms with Crippen molar-refractivity contribution in [3.8, 4) is 11.4 Å². The first-order valence-corrected chi connectivity index (χ1v) is 9.96. The molecule has 0 spiro atoms. The van der Waals surface area contributed by atoms with Gasteiger partial charge in [-0.1, -0.05) is 25.6 Å². The molecule has 8 heteroatoms. The lowest BCUT2D eigenvalue weighted by molar-refractivity contribution is -0.119. The number of carbonyl (C=O) groups excluding carboxylic acids is 1. The van der Waals surface area contributed by atoms with Gasteiger partial charge < -0.3 is 14.6 Å². The second-order valence-corrected chi connectivity index (χ2v) is 7.72. The normalized spacial score (nSPS) is 17.0. The Hall–Kier alpha value is -1.93. The quantitative estimate of drug-likeness (QED) is 0.714. The number of thioether (sulfide) groups is 1. The summed E-state index contributed by atoms with van der Waals surface area (Å²) in [5, 5.41) is 12.3. The second kappa shape index (κ2) is 9.14. The Morgan fingerprint density at radius 3 is 2.88 bits per heavy atom. The molecule has 7 nitrogen and oxygen atoms in total. The number of pyridine rings is 1. The fourth-order valence-corrected chi connectivity index (χ4v) is 3.63. The van der Waals surface area contributed by atoms with E-state index in [0.29, 0.717) is 18.2 Å². The maximum absolute atomic E-state index is 12.1. The number of hydrogen-bond donors (Lipinski definition) is 1. The third-order valence-corrected chi connectivity index (χ3v) is 5.05. The van der Waals surface area contributed by atoms with Gasteiger partial charge in [0, 0.05) is 37.7 Å². The van der Waals surface area contributed by atoms with Gasteiger partial charge >= 0.3 is 0 Å². The minimum Gasteiger partial charge on any atom is -0.376 e. The number of nitrogens with one attached hydrogen (secondary N) is 1. The topological polar surface area (TPSA) is 81.9 Å². The van der Waals surface area contributed by atoms with Crippen LogP contribution in [0.2, 0.25) is 0 Å². The average Bonchev–Trinajstić information content (AvgIpc) is 3.28. The molecule has 1 amide bonds. The van der Waals surface area contributed by atoms with Crippen LogP contribution in [0.3, 0.4) is 0 Å². The maximum Gasteiger partial charge on any atom is 0.230 e. The molecule has 0 bridgehead atoms. The van der Waals surface area contributed by atoms with E-state index in [1.54, 1.807) is 12.4 Å². The summed E-state index contributed by atoms with van der Waals surface area (Å²) in [6.07, 6.45) is 5.74. The van der Waals surface area contributed by atoms with Crippen LogP contribution in [-0.2, 0) is 16.1 Å². The first-order valence-electron chi connectivity index (χ1n) is 8.98. The predicted molar refractivity (Wildman–Crippen MR) is 101 cm³/mol. The van der Waals surface area contributed by atoms with Gasteiger partial charge in [0.1, 0.15) is 0 Å². The molecule has 1 fully saturated rings. The molecule has 1 aliphatic heterocycles. The highest BCUT2D eigenvalue weighted by molar-refractivity contribution is 7.99. The molecule has 1 N–H and O–H groups in total. The minimum atomic E-state index is -0.00458. The molecule has 140 valence electrons. The van der Waals surface area contributed by atoms with Gasteiger partial charge in [0.25, 0.3) is 0 Å². The van der Waals surface area contributed by atoms with Crippen LogP contribution in [0.1, 0.15) is 26.7 Å². The molecule has 1 atom stereocenters. The number of amides is 1. The van der Waals surface area contributed by atoms with Gasteiger partial charge in [-0.15, -0.1) is 10.2 Å². The highest BCUT2D eigenvalue weighted by Gasteiger charge is 2.18. The number of ether oxygens (including phenoxy) is 1. The van der Waals surface area contributed by atoms with E-state index in [9.17, 15) is 4.79 Å². The van der Waals surface area contributed by atoms with Crippen LogP contribution in [0.15, 0.2) is 29.7 Å². The van der Waals surface area contributed by atoms with Crippen molar-refractivity contribution in [1.29, 1.82) is 0 Å². The number of nitrogens with zero attached hydrogens (tertiary/aromatic N) is 4. The molecular weight excluding hydrogens is 350 g/mol. The molecule has 0 unspecified atom stereocenters. The van der Waals surface area contributed by atoms with Gasteiger partial charge in [-0.25, -0.2) is 0 Å². The molecule has 0 saturated carbocycles. The molecule has 3 heterocycles. The van der Waals surface area contributed by atoms with Gasteiger partial charge in [-0.05, 0) is 30.9 Å². The molecule has 1 saturated heterocycles. The van der Waals surface area contributed by atoms with Crippen molar-refractivity contribution in [3.05, 3.63) is 24.5 Å². The van der Waals surface area contributed by atoms with Crippen molar-refractivity contribution in [1.82, 2.24) is 25.1 Å². The molecule has 3 rings (SSSR count). The largest absolute Gasteiger partial charge is 0.376 e. The van der Waals surface area contributed by atoms with Gasteiger partial charge in [0.15, 0.2) is 11.0 Å². The molecule has 2 aromatic rings. The van der Waals surface area contributed by atoms with Crippen LogP contribution in [0.4, 0.5) is 0 Å². The summed E-state index contributed by atoms with van der Waals surface area (Å²) in [6, 6.07) is 3.84. The Bertz CT molecular complexity index is 714. The fraction of sp³-hybridized carbons (Fsp3) is 0.556. The van der Waals surface area contributed by atoms with Crippen LogP contribution < -0.4 is 5.32 Å². The number of aromatic nitrogens is 4. The number of rotatable bonds is 8. The summed E-state index contributed by atoms with van der Waals surface area (Å²) in [7, 11) is 0. The lowest BCUT2D eigenvalue weighted by Gasteiger charge is -2.13.